The van der Waals surface area contributed by atoms with Gasteiger partial charge in [-0.1, -0.05) is 6.92 Å². The third-order valence-electron chi connectivity index (χ3n) is 4.39. The summed E-state index contributed by atoms with van der Waals surface area (Å²) in [5.74, 6) is 1.44. The van der Waals surface area contributed by atoms with E-state index in [1.54, 1.807) is 19.0 Å². The van der Waals surface area contributed by atoms with Crippen molar-refractivity contribution in [3.63, 3.8) is 0 Å². The van der Waals surface area contributed by atoms with Crippen LogP contribution in [0, 0.1) is 0 Å². The molecule has 0 saturated carbocycles. The highest BCUT2D eigenvalue weighted by atomic mass is 16.3. The normalized spacial score (nSPS) is 21.0. The van der Waals surface area contributed by atoms with Crippen LogP contribution < -0.4 is 10.2 Å². The molecule has 1 saturated heterocycles. The van der Waals surface area contributed by atoms with Crippen LogP contribution in [-0.2, 0) is 11.2 Å². The minimum Gasteiger partial charge on any atom is -0.390 e. The average Bonchev–Trinajstić information content (AvgIpc) is 2.56. The van der Waals surface area contributed by atoms with Crippen molar-refractivity contribution in [1.82, 2.24) is 19.8 Å². The van der Waals surface area contributed by atoms with Crippen LogP contribution in [-0.4, -0.2) is 90.8 Å². The Morgan fingerprint density at radius 1 is 1.36 bits per heavy atom. The van der Waals surface area contributed by atoms with Crippen LogP contribution in [0.25, 0.3) is 0 Å². The van der Waals surface area contributed by atoms with Gasteiger partial charge in [0.2, 0.25) is 11.9 Å². The number of aliphatic hydroxyl groups excluding tert-OH is 1. The molecule has 25 heavy (non-hydrogen) atoms. The second-order valence-corrected chi connectivity index (χ2v) is 6.92. The van der Waals surface area contributed by atoms with Gasteiger partial charge < -0.3 is 20.2 Å². The van der Waals surface area contributed by atoms with Gasteiger partial charge >= 0.3 is 0 Å². The van der Waals surface area contributed by atoms with E-state index in [9.17, 15) is 9.90 Å². The van der Waals surface area contributed by atoms with Crippen molar-refractivity contribution in [3.8, 4) is 0 Å². The number of nitrogens with one attached hydrogen (secondary N) is 1. The van der Waals surface area contributed by atoms with E-state index in [1.807, 2.05) is 30.0 Å². The van der Waals surface area contributed by atoms with Crippen molar-refractivity contribution in [3.05, 3.63) is 11.8 Å². The third kappa shape index (κ3) is 5.27. The second kappa shape index (κ2) is 8.44. The van der Waals surface area contributed by atoms with Crippen LogP contribution in [0.2, 0.25) is 0 Å². The highest BCUT2D eigenvalue weighted by Crippen LogP contribution is 2.18. The molecular formula is C17H30N6O2. The van der Waals surface area contributed by atoms with Crippen molar-refractivity contribution in [1.29, 1.82) is 0 Å². The van der Waals surface area contributed by atoms with E-state index < -0.39 is 6.10 Å². The van der Waals surface area contributed by atoms with E-state index in [2.05, 4.69) is 22.2 Å². The molecule has 2 atom stereocenters. The summed E-state index contributed by atoms with van der Waals surface area (Å²) in [6, 6.07) is 1.85. The average molecular weight is 350 g/mol. The number of anilines is 2. The number of β-amino-alcohol motifs (C(OH)–C–C–N with tert-alkyl or cyclic N) is 1. The minimum atomic E-state index is -0.549. The maximum atomic E-state index is 11.8. The number of aryl methyl sites for hydroxylation is 1. The summed E-state index contributed by atoms with van der Waals surface area (Å²) >= 11 is 0. The Balaban J connectivity index is 2.00. The molecule has 2 rings (SSSR count). The van der Waals surface area contributed by atoms with Crippen molar-refractivity contribution in [2.45, 2.75) is 31.9 Å². The van der Waals surface area contributed by atoms with Crippen LogP contribution in [0.3, 0.4) is 0 Å². The lowest BCUT2D eigenvalue weighted by Gasteiger charge is -2.36. The third-order valence-corrected chi connectivity index (χ3v) is 4.39. The standard InChI is InChI=1S/C17H30N6O2/c1-6-12-9-15(20-17(18-12)22(4)5)19-13-7-8-23(10-14(13)24)11-16(25)21(2)3/h9,13-14,24H,6-8,10-11H2,1-5H3,(H,18,19,20)/t13-,14-/m0/s1. The Labute approximate surface area is 149 Å². The molecule has 8 nitrogen and oxygen atoms in total. The van der Waals surface area contributed by atoms with Gasteiger partial charge in [-0.3, -0.25) is 9.69 Å². The first-order valence-electron chi connectivity index (χ1n) is 8.72. The molecule has 0 unspecified atom stereocenters. The Bertz CT molecular complexity index is 593. The van der Waals surface area contributed by atoms with E-state index in [0.717, 1.165) is 30.9 Å². The van der Waals surface area contributed by atoms with Crippen molar-refractivity contribution < 1.29 is 9.90 Å². The summed E-state index contributed by atoms with van der Waals surface area (Å²) in [4.78, 5) is 26.3. The van der Waals surface area contributed by atoms with Gasteiger partial charge in [0, 0.05) is 53.0 Å². The lowest BCUT2D eigenvalue weighted by Crippen LogP contribution is -2.52. The molecule has 1 fully saturated rings. The SMILES string of the molecule is CCc1cc(N[C@H]2CCN(CC(=O)N(C)C)C[C@@H]2O)nc(N(C)C)n1. The molecule has 0 radical (unpaired) electrons. The first-order chi connectivity index (χ1) is 11.8. The molecule has 0 bridgehead atoms. The summed E-state index contributed by atoms with van der Waals surface area (Å²) in [5.41, 5.74) is 0.963. The summed E-state index contributed by atoms with van der Waals surface area (Å²) in [7, 11) is 7.31. The fraction of sp³-hybridized carbons (Fsp3) is 0.706. The van der Waals surface area contributed by atoms with Gasteiger partial charge in [0.25, 0.3) is 0 Å². The zero-order chi connectivity index (χ0) is 18.6. The topological polar surface area (TPSA) is 84.8 Å². The van der Waals surface area contributed by atoms with Gasteiger partial charge in [0.15, 0.2) is 0 Å². The maximum absolute atomic E-state index is 11.8. The zero-order valence-electron chi connectivity index (χ0n) is 15.9. The Kier molecular flexibility index (Phi) is 6.55. The first kappa shape index (κ1) is 19.4. The van der Waals surface area contributed by atoms with Crippen molar-refractivity contribution in [2.24, 2.45) is 0 Å². The van der Waals surface area contributed by atoms with Gasteiger partial charge in [-0.05, 0) is 12.8 Å². The lowest BCUT2D eigenvalue weighted by atomic mass is 10.0. The van der Waals surface area contributed by atoms with Crippen LogP contribution in [0.4, 0.5) is 11.8 Å². The van der Waals surface area contributed by atoms with Gasteiger partial charge in [0.1, 0.15) is 5.82 Å². The van der Waals surface area contributed by atoms with Crippen molar-refractivity contribution in [2.75, 3.05) is 58.0 Å². The molecule has 0 aliphatic carbocycles. The smallest absolute Gasteiger partial charge is 0.236 e. The van der Waals surface area contributed by atoms with Gasteiger partial charge in [-0.15, -0.1) is 0 Å². The highest BCUT2D eigenvalue weighted by Gasteiger charge is 2.29. The van der Waals surface area contributed by atoms with Gasteiger partial charge in [-0.25, -0.2) is 4.98 Å². The molecule has 2 N–H and O–H groups in total. The quantitative estimate of drug-likeness (QED) is 0.749. The van der Waals surface area contributed by atoms with Crippen LogP contribution >= 0.6 is 0 Å². The number of likely N-dealkylation sites (tertiary alicyclic amines) is 1. The molecular weight excluding hydrogens is 320 g/mol. The minimum absolute atomic E-state index is 0.0534. The largest absolute Gasteiger partial charge is 0.390 e. The molecule has 140 valence electrons. The van der Waals surface area contributed by atoms with Crippen LogP contribution in [0.15, 0.2) is 6.07 Å². The zero-order valence-corrected chi connectivity index (χ0v) is 15.9. The molecule has 1 aliphatic rings. The number of aromatic nitrogens is 2. The summed E-state index contributed by atoms with van der Waals surface area (Å²) in [5, 5.41) is 13.8. The number of carbonyl (C=O) groups excluding carboxylic acids is 1. The van der Waals surface area contributed by atoms with Gasteiger partial charge in [-0.2, -0.15) is 4.98 Å². The van der Waals surface area contributed by atoms with E-state index in [4.69, 9.17) is 0 Å². The Hall–Kier alpha value is -1.93. The predicted molar refractivity (Wildman–Crippen MR) is 98.9 cm³/mol. The number of rotatable bonds is 6. The Morgan fingerprint density at radius 3 is 2.64 bits per heavy atom. The number of carbonyl (C=O) groups is 1. The Morgan fingerprint density at radius 2 is 2.08 bits per heavy atom. The molecule has 1 aliphatic heterocycles. The monoisotopic (exact) mass is 350 g/mol. The van der Waals surface area contributed by atoms with Gasteiger partial charge in [0.05, 0.1) is 18.7 Å². The van der Waals surface area contributed by atoms with E-state index in [0.29, 0.717) is 19.0 Å². The van der Waals surface area contributed by atoms with Crippen LogP contribution in [0.5, 0.6) is 0 Å². The fourth-order valence-corrected chi connectivity index (χ4v) is 2.77. The molecule has 8 heteroatoms. The molecule has 1 aromatic heterocycles. The molecule has 1 aromatic rings. The fourth-order valence-electron chi connectivity index (χ4n) is 2.77. The molecule has 0 spiro atoms. The predicted octanol–water partition coefficient (Wildman–Crippen LogP) is 0.0403. The summed E-state index contributed by atoms with van der Waals surface area (Å²) in [6.07, 6.45) is 1.03. The number of nitrogens with zero attached hydrogens (tertiary/aromatic N) is 5. The maximum Gasteiger partial charge on any atom is 0.236 e. The van der Waals surface area contributed by atoms with Crippen molar-refractivity contribution >= 4 is 17.7 Å². The number of aliphatic hydroxyl groups is 1. The van der Waals surface area contributed by atoms with Crippen LogP contribution in [0.1, 0.15) is 19.0 Å². The lowest BCUT2D eigenvalue weighted by molar-refractivity contribution is -0.130. The number of likely N-dealkylation sites (N-methyl/N-ethyl adjacent to an activating group) is 1. The highest BCUT2D eigenvalue weighted by molar-refractivity contribution is 5.77. The second-order valence-electron chi connectivity index (χ2n) is 6.92. The summed E-state index contributed by atoms with van der Waals surface area (Å²) in [6.45, 7) is 3.64. The number of amides is 1. The first-order valence-corrected chi connectivity index (χ1v) is 8.72. The number of hydrogen-bond donors (Lipinski definition) is 2. The van der Waals surface area contributed by atoms with E-state index >= 15 is 0 Å². The molecule has 1 amide bonds. The van der Waals surface area contributed by atoms with E-state index in [-0.39, 0.29) is 11.9 Å². The van der Waals surface area contributed by atoms with E-state index in [1.165, 1.54) is 0 Å². The number of hydrogen-bond acceptors (Lipinski definition) is 7. The molecule has 0 aromatic carbocycles. The number of piperidine rings is 1. The summed E-state index contributed by atoms with van der Waals surface area (Å²) < 4.78 is 0. The molecule has 2 heterocycles.